The van der Waals surface area contributed by atoms with Gasteiger partial charge < -0.3 is 5.32 Å². The lowest BCUT2D eigenvalue weighted by Crippen LogP contribution is -2.14. The van der Waals surface area contributed by atoms with Gasteiger partial charge in [-0.15, -0.1) is 0 Å². The number of anilines is 1. The van der Waals surface area contributed by atoms with Gasteiger partial charge in [-0.05, 0) is 30.7 Å². The van der Waals surface area contributed by atoms with E-state index in [-0.39, 0.29) is 16.4 Å². The molecule has 0 saturated heterocycles. The molecule has 2 rings (SSSR count). The number of rotatable bonds is 3. The minimum absolute atomic E-state index is 0.0185. The summed E-state index contributed by atoms with van der Waals surface area (Å²) < 4.78 is 0. The third-order valence-corrected chi connectivity index (χ3v) is 2.77. The predicted octanol–water partition coefficient (Wildman–Crippen LogP) is 3.20. The first-order valence-corrected chi connectivity index (χ1v) is 6.03. The first-order chi connectivity index (χ1) is 9.47. The Morgan fingerprint density at radius 2 is 2.15 bits per heavy atom. The summed E-state index contributed by atoms with van der Waals surface area (Å²) >= 11 is 5.68. The molecular formula is C13H10ClN3O3. The topological polar surface area (TPSA) is 85.1 Å². The van der Waals surface area contributed by atoms with E-state index < -0.39 is 10.8 Å². The van der Waals surface area contributed by atoms with Crippen LogP contribution in [0.4, 0.5) is 11.4 Å². The molecule has 0 fully saturated rings. The van der Waals surface area contributed by atoms with Crippen LogP contribution in [-0.2, 0) is 0 Å². The predicted molar refractivity (Wildman–Crippen MR) is 75.0 cm³/mol. The molecule has 1 amide bonds. The van der Waals surface area contributed by atoms with Crippen LogP contribution in [0.25, 0.3) is 0 Å². The Balaban J connectivity index is 2.34. The minimum atomic E-state index is -0.672. The Kier molecular flexibility index (Phi) is 3.95. The Bertz CT molecular complexity index is 688. The maximum atomic E-state index is 12.1. The first kappa shape index (κ1) is 14.0. The van der Waals surface area contributed by atoms with Gasteiger partial charge in [-0.2, -0.15) is 0 Å². The lowest BCUT2D eigenvalue weighted by Gasteiger charge is -2.06. The summed E-state index contributed by atoms with van der Waals surface area (Å²) in [6.45, 7) is 1.88. The maximum absolute atomic E-state index is 12.1. The fraction of sp³-hybridized carbons (Fsp3) is 0.0769. The van der Waals surface area contributed by atoms with Crippen molar-refractivity contribution < 1.29 is 9.72 Å². The molecule has 7 heteroatoms. The highest BCUT2D eigenvalue weighted by Crippen LogP contribution is 2.22. The van der Waals surface area contributed by atoms with E-state index in [1.165, 1.54) is 6.07 Å². The summed E-state index contributed by atoms with van der Waals surface area (Å²) in [6, 6.07) is 8.27. The van der Waals surface area contributed by atoms with Gasteiger partial charge >= 0.3 is 0 Å². The third-order valence-electron chi connectivity index (χ3n) is 2.57. The Labute approximate surface area is 119 Å². The minimum Gasteiger partial charge on any atom is -0.322 e. The molecule has 0 spiro atoms. The van der Waals surface area contributed by atoms with Gasteiger partial charge in [0.2, 0.25) is 0 Å². The second-order valence-electron chi connectivity index (χ2n) is 4.10. The Morgan fingerprint density at radius 3 is 2.80 bits per heavy atom. The first-order valence-electron chi connectivity index (χ1n) is 5.65. The molecule has 0 aliphatic carbocycles. The van der Waals surface area contributed by atoms with E-state index in [4.69, 9.17) is 11.6 Å². The Hall–Kier alpha value is -2.47. The van der Waals surface area contributed by atoms with Gasteiger partial charge in [-0.3, -0.25) is 14.9 Å². The van der Waals surface area contributed by atoms with E-state index in [1.54, 1.807) is 18.2 Å². The number of carbonyl (C=O) groups is 1. The van der Waals surface area contributed by atoms with Crippen molar-refractivity contribution in [2.24, 2.45) is 0 Å². The van der Waals surface area contributed by atoms with Gasteiger partial charge in [-0.1, -0.05) is 23.7 Å². The molecule has 0 radical (unpaired) electrons. The molecule has 0 bridgehead atoms. The number of nitrogens with one attached hydrogen (secondary N) is 1. The number of nitrogens with zero attached hydrogens (tertiary/aromatic N) is 2. The molecule has 0 aliphatic heterocycles. The molecule has 20 heavy (non-hydrogen) atoms. The summed E-state index contributed by atoms with van der Waals surface area (Å²) in [5.41, 5.74) is 0.998. The molecule has 2 aromatic rings. The van der Waals surface area contributed by atoms with Gasteiger partial charge in [0.15, 0.2) is 0 Å². The van der Waals surface area contributed by atoms with E-state index >= 15 is 0 Å². The number of aryl methyl sites for hydroxylation is 1. The van der Waals surface area contributed by atoms with E-state index in [1.807, 2.05) is 13.0 Å². The quantitative estimate of drug-likeness (QED) is 0.534. The zero-order chi connectivity index (χ0) is 14.7. The van der Waals surface area contributed by atoms with Crippen LogP contribution in [0.2, 0.25) is 5.15 Å². The second kappa shape index (κ2) is 5.66. The number of carbonyl (C=O) groups excluding carboxylic acids is 1. The molecule has 1 heterocycles. The highest BCUT2D eigenvalue weighted by molar-refractivity contribution is 6.30. The van der Waals surface area contributed by atoms with Crippen molar-refractivity contribution in [3.63, 3.8) is 0 Å². The SMILES string of the molecule is Cc1cccc(NC(=O)c2cc(Cl)ncc2[N+](=O)[O-])c1. The number of amides is 1. The number of nitro groups is 1. The van der Waals surface area contributed by atoms with Crippen LogP contribution in [-0.4, -0.2) is 15.8 Å². The van der Waals surface area contributed by atoms with Gasteiger partial charge in [0.1, 0.15) is 16.9 Å². The maximum Gasteiger partial charge on any atom is 0.300 e. The third kappa shape index (κ3) is 3.10. The molecule has 6 nitrogen and oxygen atoms in total. The van der Waals surface area contributed by atoms with Crippen LogP contribution in [0.15, 0.2) is 36.5 Å². The standard InChI is InChI=1S/C13H10ClN3O3/c1-8-3-2-4-9(5-8)16-13(18)10-6-12(14)15-7-11(10)17(19)20/h2-7H,1H3,(H,16,18). The largest absolute Gasteiger partial charge is 0.322 e. The molecule has 0 saturated carbocycles. The smallest absolute Gasteiger partial charge is 0.300 e. The Morgan fingerprint density at radius 1 is 1.40 bits per heavy atom. The van der Waals surface area contributed by atoms with E-state index in [0.717, 1.165) is 11.8 Å². The highest BCUT2D eigenvalue weighted by atomic mass is 35.5. The lowest BCUT2D eigenvalue weighted by atomic mass is 10.2. The van der Waals surface area contributed by atoms with E-state index in [0.29, 0.717) is 5.69 Å². The zero-order valence-electron chi connectivity index (χ0n) is 10.5. The van der Waals surface area contributed by atoms with Crippen molar-refractivity contribution in [1.82, 2.24) is 4.98 Å². The van der Waals surface area contributed by atoms with Crippen LogP contribution >= 0.6 is 11.6 Å². The highest BCUT2D eigenvalue weighted by Gasteiger charge is 2.21. The zero-order valence-corrected chi connectivity index (χ0v) is 11.2. The number of pyridine rings is 1. The van der Waals surface area contributed by atoms with Gasteiger partial charge in [0, 0.05) is 5.69 Å². The monoisotopic (exact) mass is 291 g/mol. The van der Waals surface area contributed by atoms with E-state index in [2.05, 4.69) is 10.3 Å². The number of hydrogen-bond donors (Lipinski definition) is 1. The van der Waals surface area contributed by atoms with Crippen molar-refractivity contribution in [3.8, 4) is 0 Å². The van der Waals surface area contributed by atoms with Crippen LogP contribution in [0.3, 0.4) is 0 Å². The molecule has 102 valence electrons. The molecule has 0 aliphatic rings. The van der Waals surface area contributed by atoms with Crippen molar-refractivity contribution in [2.45, 2.75) is 6.92 Å². The van der Waals surface area contributed by atoms with Crippen LogP contribution in [0.1, 0.15) is 15.9 Å². The number of aromatic nitrogens is 1. The van der Waals surface area contributed by atoms with Gasteiger partial charge in [0.05, 0.1) is 4.92 Å². The summed E-state index contributed by atoms with van der Waals surface area (Å²) in [6.07, 6.45) is 0.966. The fourth-order valence-corrected chi connectivity index (χ4v) is 1.83. The average molecular weight is 292 g/mol. The molecule has 0 atom stereocenters. The number of benzene rings is 1. The van der Waals surface area contributed by atoms with Crippen LogP contribution in [0, 0.1) is 17.0 Å². The normalized spacial score (nSPS) is 10.1. The molecular weight excluding hydrogens is 282 g/mol. The second-order valence-corrected chi connectivity index (χ2v) is 4.49. The van der Waals surface area contributed by atoms with Gasteiger partial charge in [0.25, 0.3) is 11.6 Å². The number of halogens is 1. The van der Waals surface area contributed by atoms with Crippen molar-refractivity contribution in [3.05, 3.63) is 62.9 Å². The molecule has 1 aromatic carbocycles. The molecule has 1 aromatic heterocycles. The van der Waals surface area contributed by atoms with E-state index in [9.17, 15) is 14.9 Å². The van der Waals surface area contributed by atoms with Gasteiger partial charge in [-0.25, -0.2) is 4.98 Å². The van der Waals surface area contributed by atoms with Crippen LogP contribution < -0.4 is 5.32 Å². The summed E-state index contributed by atoms with van der Waals surface area (Å²) in [7, 11) is 0. The summed E-state index contributed by atoms with van der Waals surface area (Å²) in [5.74, 6) is -0.605. The lowest BCUT2D eigenvalue weighted by molar-refractivity contribution is -0.385. The van der Waals surface area contributed by atoms with Crippen LogP contribution in [0.5, 0.6) is 0 Å². The number of hydrogen-bond acceptors (Lipinski definition) is 4. The van der Waals surface area contributed by atoms with Crippen molar-refractivity contribution >= 4 is 28.9 Å². The van der Waals surface area contributed by atoms with Crippen molar-refractivity contribution in [1.29, 1.82) is 0 Å². The fourth-order valence-electron chi connectivity index (χ4n) is 1.67. The molecule has 0 unspecified atom stereocenters. The van der Waals surface area contributed by atoms with Crippen molar-refractivity contribution in [2.75, 3.05) is 5.32 Å². The summed E-state index contributed by atoms with van der Waals surface area (Å²) in [5, 5.41) is 13.5. The average Bonchev–Trinajstić information content (AvgIpc) is 2.38. The summed E-state index contributed by atoms with van der Waals surface area (Å²) in [4.78, 5) is 25.9. The molecule has 1 N–H and O–H groups in total.